The highest BCUT2D eigenvalue weighted by Crippen LogP contribution is 2.29. The van der Waals surface area contributed by atoms with Crippen molar-refractivity contribution in [1.29, 1.82) is 0 Å². The molecule has 0 bridgehead atoms. The van der Waals surface area contributed by atoms with Gasteiger partial charge in [0.25, 0.3) is 0 Å². The molecule has 0 saturated carbocycles. The fraction of sp³-hybridized carbons (Fsp3) is 0.429. The highest BCUT2D eigenvalue weighted by molar-refractivity contribution is 7.16. The molecule has 1 amide bonds. The number of halogens is 1. The van der Waals surface area contributed by atoms with Crippen LogP contribution in [-0.2, 0) is 22.5 Å². The van der Waals surface area contributed by atoms with Crippen molar-refractivity contribution < 1.29 is 18.7 Å². The van der Waals surface area contributed by atoms with Gasteiger partial charge in [-0.3, -0.25) is 14.6 Å². The van der Waals surface area contributed by atoms with Gasteiger partial charge in [-0.1, -0.05) is 19.1 Å². The van der Waals surface area contributed by atoms with Crippen LogP contribution in [0.15, 0.2) is 30.3 Å². The molecule has 1 aromatic carbocycles. The van der Waals surface area contributed by atoms with E-state index in [0.29, 0.717) is 10.6 Å². The number of hydrogen-bond acceptors (Lipinski definition) is 6. The summed E-state index contributed by atoms with van der Waals surface area (Å²) in [6, 6.07) is 8.35. The second kappa shape index (κ2) is 9.96. The molecule has 1 aliphatic rings. The number of carbonyl (C=O) groups is 2. The van der Waals surface area contributed by atoms with Crippen molar-refractivity contribution in [2.45, 2.75) is 19.9 Å². The third-order valence-corrected chi connectivity index (χ3v) is 6.14. The molecule has 8 heteroatoms. The maximum atomic E-state index is 13.0. The lowest BCUT2D eigenvalue weighted by Crippen LogP contribution is -2.48. The monoisotopic (exact) mass is 419 g/mol. The maximum absolute atomic E-state index is 13.0. The number of thiophene rings is 1. The first kappa shape index (κ1) is 21.4. The predicted molar refractivity (Wildman–Crippen MR) is 112 cm³/mol. The van der Waals surface area contributed by atoms with Gasteiger partial charge in [-0.2, -0.15) is 0 Å². The molecule has 6 nitrogen and oxygen atoms in total. The van der Waals surface area contributed by atoms with Crippen molar-refractivity contribution in [3.05, 3.63) is 52.2 Å². The molecular weight excluding hydrogens is 393 g/mol. The molecule has 1 saturated heterocycles. The van der Waals surface area contributed by atoms with E-state index in [-0.39, 0.29) is 18.3 Å². The van der Waals surface area contributed by atoms with E-state index in [1.165, 1.54) is 30.6 Å². The Morgan fingerprint density at radius 2 is 1.79 bits per heavy atom. The zero-order valence-corrected chi connectivity index (χ0v) is 17.6. The van der Waals surface area contributed by atoms with E-state index in [0.717, 1.165) is 49.6 Å². The lowest BCUT2D eigenvalue weighted by Gasteiger charge is -2.34. The average Bonchev–Trinajstić information content (AvgIpc) is 3.13. The summed E-state index contributed by atoms with van der Waals surface area (Å²) >= 11 is 1.41. The first-order valence-electron chi connectivity index (χ1n) is 9.68. The lowest BCUT2D eigenvalue weighted by molar-refractivity contribution is -0.117. The van der Waals surface area contributed by atoms with E-state index in [9.17, 15) is 14.0 Å². The molecule has 0 radical (unpaired) electrons. The number of nitrogens with one attached hydrogen (secondary N) is 1. The number of amides is 1. The Kier molecular flexibility index (Phi) is 7.35. The summed E-state index contributed by atoms with van der Waals surface area (Å²) in [7, 11) is 1.34. The van der Waals surface area contributed by atoms with Crippen molar-refractivity contribution in [1.82, 2.24) is 9.80 Å². The van der Waals surface area contributed by atoms with E-state index in [2.05, 4.69) is 15.1 Å². The summed E-state index contributed by atoms with van der Waals surface area (Å²) in [5.74, 6) is -0.797. The predicted octanol–water partition coefficient (Wildman–Crippen LogP) is 2.99. The van der Waals surface area contributed by atoms with Crippen LogP contribution < -0.4 is 5.32 Å². The van der Waals surface area contributed by atoms with E-state index < -0.39 is 5.97 Å². The highest BCUT2D eigenvalue weighted by atomic mass is 32.1. The first-order valence-corrected chi connectivity index (χ1v) is 10.5. The molecule has 1 aromatic heterocycles. The fourth-order valence-corrected chi connectivity index (χ4v) is 4.29. The zero-order valence-electron chi connectivity index (χ0n) is 16.7. The van der Waals surface area contributed by atoms with Crippen LogP contribution in [0.4, 0.5) is 9.39 Å². The van der Waals surface area contributed by atoms with Crippen molar-refractivity contribution in [3.8, 4) is 0 Å². The molecule has 3 rings (SSSR count). The molecule has 0 atom stereocenters. The summed E-state index contributed by atoms with van der Waals surface area (Å²) < 4.78 is 17.8. The van der Waals surface area contributed by atoms with Gasteiger partial charge in [0.2, 0.25) is 5.91 Å². The van der Waals surface area contributed by atoms with Crippen molar-refractivity contribution in [3.63, 3.8) is 0 Å². The summed E-state index contributed by atoms with van der Waals surface area (Å²) in [4.78, 5) is 29.9. The molecule has 29 heavy (non-hydrogen) atoms. The number of aryl methyl sites for hydroxylation is 1. The summed E-state index contributed by atoms with van der Waals surface area (Å²) in [6.07, 6.45) is 0.792. The van der Waals surface area contributed by atoms with Crippen LogP contribution in [0.25, 0.3) is 0 Å². The van der Waals surface area contributed by atoms with Crippen LogP contribution in [-0.4, -0.2) is 61.5 Å². The largest absolute Gasteiger partial charge is 0.465 e. The van der Waals surface area contributed by atoms with Gasteiger partial charge in [0.05, 0.1) is 19.2 Å². The van der Waals surface area contributed by atoms with Gasteiger partial charge in [0.15, 0.2) is 0 Å². The first-order chi connectivity index (χ1) is 14.0. The van der Waals surface area contributed by atoms with Gasteiger partial charge in [0.1, 0.15) is 10.8 Å². The number of piperazine rings is 1. The standard InChI is InChI=1S/C21H26FN3O3S/c1-3-17-12-18(21(27)28-2)20(29-17)23-19(26)14-25-10-8-24(9-11-25)13-15-4-6-16(22)7-5-15/h4-7,12H,3,8-11,13-14H2,1-2H3,(H,23,26). The van der Waals surface area contributed by atoms with Crippen LogP contribution >= 0.6 is 11.3 Å². The van der Waals surface area contributed by atoms with E-state index >= 15 is 0 Å². The Hall–Kier alpha value is -2.29. The number of hydrogen-bond donors (Lipinski definition) is 1. The topological polar surface area (TPSA) is 61.9 Å². The minimum Gasteiger partial charge on any atom is -0.465 e. The number of anilines is 1. The zero-order chi connectivity index (χ0) is 20.8. The summed E-state index contributed by atoms with van der Waals surface area (Å²) in [6.45, 7) is 6.31. The van der Waals surface area contributed by atoms with Gasteiger partial charge >= 0.3 is 5.97 Å². The fourth-order valence-electron chi connectivity index (χ4n) is 3.29. The second-order valence-corrected chi connectivity index (χ2v) is 8.16. The second-order valence-electron chi connectivity index (χ2n) is 7.03. The molecule has 2 heterocycles. The minimum atomic E-state index is -0.439. The molecule has 156 valence electrons. The Morgan fingerprint density at radius 1 is 1.14 bits per heavy atom. The smallest absolute Gasteiger partial charge is 0.340 e. The number of nitrogens with zero attached hydrogens (tertiary/aromatic N) is 2. The third kappa shape index (κ3) is 5.85. The SMILES string of the molecule is CCc1cc(C(=O)OC)c(NC(=O)CN2CCN(Cc3ccc(F)cc3)CC2)s1. The van der Waals surface area contributed by atoms with Crippen molar-refractivity contribution in [2.24, 2.45) is 0 Å². The molecule has 1 aliphatic heterocycles. The van der Waals surface area contributed by atoms with Gasteiger partial charge < -0.3 is 10.1 Å². The number of carbonyl (C=O) groups excluding carboxylic acids is 2. The Bertz CT molecular complexity index is 845. The molecule has 1 fully saturated rings. The maximum Gasteiger partial charge on any atom is 0.340 e. The Balaban J connectivity index is 1.49. The van der Waals surface area contributed by atoms with Gasteiger partial charge in [-0.25, -0.2) is 9.18 Å². The number of ether oxygens (including phenoxy) is 1. The average molecular weight is 420 g/mol. The number of benzene rings is 1. The van der Waals surface area contributed by atoms with E-state index in [4.69, 9.17) is 4.74 Å². The molecule has 2 aromatic rings. The van der Waals surface area contributed by atoms with E-state index in [1.54, 1.807) is 18.2 Å². The normalized spacial score (nSPS) is 15.3. The van der Waals surface area contributed by atoms with Crippen molar-refractivity contribution in [2.75, 3.05) is 45.2 Å². The third-order valence-electron chi connectivity index (χ3n) is 4.94. The summed E-state index contributed by atoms with van der Waals surface area (Å²) in [5.41, 5.74) is 1.49. The van der Waals surface area contributed by atoms with Gasteiger partial charge in [-0.05, 0) is 30.2 Å². The van der Waals surface area contributed by atoms with Crippen molar-refractivity contribution >= 4 is 28.2 Å². The number of rotatable bonds is 7. The molecular formula is C21H26FN3O3S. The summed E-state index contributed by atoms with van der Waals surface area (Å²) in [5, 5.41) is 3.42. The van der Waals surface area contributed by atoms with Crippen LogP contribution in [0.1, 0.15) is 27.7 Å². The molecule has 1 N–H and O–H groups in total. The number of esters is 1. The minimum absolute atomic E-state index is 0.133. The highest BCUT2D eigenvalue weighted by Gasteiger charge is 2.22. The van der Waals surface area contributed by atoms with E-state index in [1.807, 2.05) is 6.92 Å². The molecule has 0 spiro atoms. The number of methoxy groups -OCH3 is 1. The molecule has 0 aliphatic carbocycles. The van der Waals surface area contributed by atoms with Crippen LogP contribution in [0, 0.1) is 5.82 Å². The lowest BCUT2D eigenvalue weighted by atomic mass is 10.2. The van der Waals surface area contributed by atoms with Gasteiger partial charge in [0, 0.05) is 37.6 Å². The van der Waals surface area contributed by atoms with Gasteiger partial charge in [-0.15, -0.1) is 11.3 Å². The molecule has 0 unspecified atom stereocenters. The Morgan fingerprint density at radius 3 is 2.41 bits per heavy atom. The van der Waals surface area contributed by atoms with Crippen LogP contribution in [0.2, 0.25) is 0 Å². The Labute approximate surface area is 174 Å². The quantitative estimate of drug-likeness (QED) is 0.699. The van der Waals surface area contributed by atoms with Crippen LogP contribution in [0.3, 0.4) is 0 Å². The van der Waals surface area contributed by atoms with Crippen LogP contribution in [0.5, 0.6) is 0 Å².